The molecule has 1 saturated heterocycles. The van der Waals surface area contributed by atoms with Crippen molar-refractivity contribution in [3.63, 3.8) is 0 Å². The summed E-state index contributed by atoms with van der Waals surface area (Å²) in [6, 6.07) is 17.9. The smallest absolute Gasteiger partial charge is 0.274 e. The van der Waals surface area contributed by atoms with Crippen molar-refractivity contribution in [1.29, 1.82) is 0 Å². The molecule has 1 aromatic heterocycles. The molecule has 32 heavy (non-hydrogen) atoms. The summed E-state index contributed by atoms with van der Waals surface area (Å²) < 4.78 is 0. The maximum absolute atomic E-state index is 12.9. The number of halogens is 1. The molecule has 2 heterocycles. The number of hydrogen-bond acceptors (Lipinski definition) is 5. The SMILES string of the molecule is O=C(CSC(c1ccccc1)c1ccc(Cl)cc1)N1CCN(C(=O)c2cnccn2)CC1. The minimum atomic E-state index is -0.147. The van der Waals surface area contributed by atoms with Crippen LogP contribution in [-0.4, -0.2) is 63.5 Å². The van der Waals surface area contributed by atoms with Gasteiger partial charge in [0.1, 0.15) is 5.69 Å². The lowest BCUT2D eigenvalue weighted by atomic mass is 10.0. The average molecular weight is 467 g/mol. The zero-order chi connectivity index (χ0) is 22.3. The number of carbonyl (C=O) groups excluding carboxylic acids is 2. The molecule has 0 bridgehead atoms. The zero-order valence-corrected chi connectivity index (χ0v) is 19.0. The number of rotatable bonds is 6. The Labute approximate surface area is 196 Å². The van der Waals surface area contributed by atoms with E-state index in [1.165, 1.54) is 18.6 Å². The summed E-state index contributed by atoms with van der Waals surface area (Å²) in [5.41, 5.74) is 2.58. The van der Waals surface area contributed by atoms with Gasteiger partial charge in [0.2, 0.25) is 5.91 Å². The van der Waals surface area contributed by atoms with Crippen LogP contribution in [0, 0.1) is 0 Å². The quantitative estimate of drug-likeness (QED) is 0.550. The molecule has 1 unspecified atom stereocenters. The van der Waals surface area contributed by atoms with Crippen LogP contribution in [0.4, 0.5) is 0 Å². The van der Waals surface area contributed by atoms with E-state index in [4.69, 9.17) is 11.6 Å². The van der Waals surface area contributed by atoms with Gasteiger partial charge in [-0.1, -0.05) is 54.1 Å². The minimum Gasteiger partial charge on any atom is -0.338 e. The second kappa shape index (κ2) is 10.6. The van der Waals surface area contributed by atoms with E-state index in [1.807, 2.05) is 47.4 Å². The molecule has 3 aromatic rings. The van der Waals surface area contributed by atoms with Crippen molar-refractivity contribution in [2.45, 2.75) is 5.25 Å². The van der Waals surface area contributed by atoms with Gasteiger partial charge < -0.3 is 9.80 Å². The van der Waals surface area contributed by atoms with Crippen molar-refractivity contribution in [2.75, 3.05) is 31.9 Å². The van der Waals surface area contributed by atoms with Crippen LogP contribution < -0.4 is 0 Å². The summed E-state index contributed by atoms with van der Waals surface area (Å²) in [6.45, 7) is 2.01. The van der Waals surface area contributed by atoms with Gasteiger partial charge in [0.25, 0.3) is 5.91 Å². The highest BCUT2D eigenvalue weighted by Crippen LogP contribution is 2.36. The van der Waals surface area contributed by atoms with Gasteiger partial charge in [-0.2, -0.15) is 0 Å². The van der Waals surface area contributed by atoms with Crippen LogP contribution in [0.2, 0.25) is 5.02 Å². The molecule has 2 amide bonds. The maximum Gasteiger partial charge on any atom is 0.274 e. The second-order valence-electron chi connectivity index (χ2n) is 7.42. The highest BCUT2D eigenvalue weighted by atomic mass is 35.5. The van der Waals surface area contributed by atoms with Crippen LogP contribution in [0.1, 0.15) is 26.9 Å². The Balaban J connectivity index is 1.36. The fourth-order valence-corrected chi connectivity index (χ4v) is 4.94. The van der Waals surface area contributed by atoms with Crippen molar-refractivity contribution in [1.82, 2.24) is 19.8 Å². The normalized spacial score (nSPS) is 14.8. The molecule has 2 aromatic carbocycles. The largest absolute Gasteiger partial charge is 0.338 e. The molecule has 1 fully saturated rings. The number of aromatic nitrogens is 2. The van der Waals surface area contributed by atoms with Gasteiger partial charge in [-0.05, 0) is 23.3 Å². The van der Waals surface area contributed by atoms with Crippen LogP contribution in [0.15, 0.2) is 73.2 Å². The second-order valence-corrected chi connectivity index (χ2v) is 8.95. The van der Waals surface area contributed by atoms with Crippen LogP contribution in [0.5, 0.6) is 0 Å². The molecule has 1 aliphatic rings. The first-order chi connectivity index (χ1) is 15.6. The van der Waals surface area contributed by atoms with Gasteiger partial charge in [0.15, 0.2) is 0 Å². The predicted octanol–water partition coefficient (Wildman–Crippen LogP) is 3.94. The highest BCUT2D eigenvalue weighted by molar-refractivity contribution is 8.00. The summed E-state index contributed by atoms with van der Waals surface area (Å²) in [5.74, 6) is 0.295. The molecule has 1 aliphatic heterocycles. The fraction of sp³-hybridized carbons (Fsp3) is 0.250. The molecule has 0 spiro atoms. The minimum absolute atomic E-state index is 0.0388. The topological polar surface area (TPSA) is 66.4 Å². The standard InChI is InChI=1S/C24H23ClN4O2S/c25-20-8-6-19(7-9-20)23(18-4-2-1-3-5-18)32-17-22(30)28-12-14-29(15-13-28)24(31)21-16-26-10-11-27-21/h1-11,16,23H,12-15,17H2. The van der Waals surface area contributed by atoms with Crippen molar-refractivity contribution in [3.05, 3.63) is 95.0 Å². The van der Waals surface area contributed by atoms with Crippen LogP contribution in [-0.2, 0) is 4.79 Å². The first-order valence-electron chi connectivity index (χ1n) is 10.4. The van der Waals surface area contributed by atoms with Gasteiger partial charge >= 0.3 is 0 Å². The van der Waals surface area contributed by atoms with Crippen molar-refractivity contribution in [3.8, 4) is 0 Å². The summed E-state index contributed by atoms with van der Waals surface area (Å²) in [7, 11) is 0. The third kappa shape index (κ3) is 5.47. The average Bonchev–Trinajstić information content (AvgIpc) is 2.86. The number of hydrogen-bond donors (Lipinski definition) is 0. The van der Waals surface area contributed by atoms with Crippen molar-refractivity contribution in [2.24, 2.45) is 0 Å². The first-order valence-corrected chi connectivity index (χ1v) is 11.8. The third-order valence-corrected chi connectivity index (χ3v) is 6.89. The van der Waals surface area contributed by atoms with Gasteiger partial charge in [-0.3, -0.25) is 14.6 Å². The molecule has 0 N–H and O–H groups in total. The van der Waals surface area contributed by atoms with Crippen LogP contribution >= 0.6 is 23.4 Å². The van der Waals surface area contributed by atoms with E-state index in [9.17, 15) is 9.59 Å². The Kier molecular flexibility index (Phi) is 7.39. The van der Waals surface area contributed by atoms with Gasteiger partial charge in [-0.25, -0.2) is 4.98 Å². The monoisotopic (exact) mass is 466 g/mol. The molecular formula is C24H23ClN4O2S. The van der Waals surface area contributed by atoms with Gasteiger partial charge in [0.05, 0.1) is 17.2 Å². The lowest BCUT2D eigenvalue weighted by Crippen LogP contribution is -2.51. The summed E-state index contributed by atoms with van der Waals surface area (Å²) in [6.07, 6.45) is 4.52. The summed E-state index contributed by atoms with van der Waals surface area (Å²) in [4.78, 5) is 37.0. The molecule has 8 heteroatoms. The molecule has 164 valence electrons. The number of nitrogens with zero attached hydrogens (tertiary/aromatic N) is 4. The lowest BCUT2D eigenvalue weighted by Gasteiger charge is -2.34. The molecule has 0 radical (unpaired) electrons. The molecular weight excluding hydrogens is 444 g/mol. The Bertz CT molecular complexity index is 1040. The Morgan fingerprint density at radius 3 is 2.22 bits per heavy atom. The predicted molar refractivity (Wildman–Crippen MR) is 127 cm³/mol. The van der Waals surface area contributed by atoms with E-state index < -0.39 is 0 Å². The fourth-order valence-electron chi connectivity index (χ4n) is 3.63. The zero-order valence-electron chi connectivity index (χ0n) is 17.4. The van der Waals surface area contributed by atoms with E-state index in [0.29, 0.717) is 42.6 Å². The van der Waals surface area contributed by atoms with Crippen molar-refractivity contribution < 1.29 is 9.59 Å². The highest BCUT2D eigenvalue weighted by Gasteiger charge is 2.26. The van der Waals surface area contributed by atoms with E-state index >= 15 is 0 Å². The maximum atomic E-state index is 12.9. The number of piperazine rings is 1. The van der Waals surface area contributed by atoms with Crippen molar-refractivity contribution >= 4 is 35.2 Å². The first kappa shape index (κ1) is 22.3. The third-order valence-electron chi connectivity index (χ3n) is 5.35. The van der Waals surface area contributed by atoms with Gasteiger partial charge in [-0.15, -0.1) is 11.8 Å². The Morgan fingerprint density at radius 2 is 1.56 bits per heavy atom. The van der Waals surface area contributed by atoms with E-state index in [-0.39, 0.29) is 17.1 Å². The van der Waals surface area contributed by atoms with Gasteiger partial charge in [0, 0.05) is 43.6 Å². The molecule has 6 nitrogen and oxygen atoms in total. The summed E-state index contributed by atoms with van der Waals surface area (Å²) >= 11 is 7.67. The van der Waals surface area contributed by atoms with Crippen LogP contribution in [0.3, 0.4) is 0 Å². The van der Waals surface area contributed by atoms with E-state index in [0.717, 1.165) is 11.1 Å². The Hall–Kier alpha value is -2.90. The number of amides is 2. The number of thioether (sulfide) groups is 1. The van der Waals surface area contributed by atoms with E-state index in [1.54, 1.807) is 16.7 Å². The number of benzene rings is 2. The summed E-state index contributed by atoms with van der Waals surface area (Å²) in [5, 5.41) is 0.729. The number of carbonyl (C=O) groups is 2. The van der Waals surface area contributed by atoms with Crippen LogP contribution in [0.25, 0.3) is 0 Å². The molecule has 4 rings (SSSR count). The Morgan fingerprint density at radius 1 is 0.906 bits per heavy atom. The van der Waals surface area contributed by atoms with E-state index in [2.05, 4.69) is 22.1 Å². The molecule has 0 saturated carbocycles. The molecule has 0 aliphatic carbocycles. The molecule has 1 atom stereocenters. The lowest BCUT2D eigenvalue weighted by molar-refractivity contribution is -0.129.